The molecule has 0 saturated carbocycles. The molecular weight excluding hydrogens is 134 g/mol. The molecule has 64 valence electrons. The van der Waals surface area contributed by atoms with Gasteiger partial charge in [-0.3, -0.25) is 0 Å². The number of hydrogen-bond acceptors (Lipinski definition) is 1. The van der Waals surface area contributed by atoms with Gasteiger partial charge in [-0.2, -0.15) is 5.26 Å². The topological polar surface area (TPSA) is 23.8 Å². The molecule has 0 heterocycles. The van der Waals surface area contributed by atoms with Crippen LogP contribution in [-0.2, 0) is 0 Å². The molecule has 1 heteroatoms. The molecule has 0 spiro atoms. The molecule has 0 aliphatic rings. The minimum atomic E-state index is 0.138. The zero-order valence-corrected chi connectivity index (χ0v) is 8.31. The summed E-state index contributed by atoms with van der Waals surface area (Å²) in [6.07, 6.45) is 1.01. The number of nitriles is 1. The lowest BCUT2D eigenvalue weighted by Gasteiger charge is -2.25. The van der Waals surface area contributed by atoms with E-state index in [1.54, 1.807) is 0 Å². The summed E-state index contributed by atoms with van der Waals surface area (Å²) in [4.78, 5) is 0. The molecule has 0 N–H and O–H groups in total. The molecule has 0 fully saturated rings. The molecule has 0 aromatic carbocycles. The lowest BCUT2D eigenvalue weighted by molar-refractivity contribution is 0.261. The van der Waals surface area contributed by atoms with Gasteiger partial charge in [0.1, 0.15) is 0 Å². The van der Waals surface area contributed by atoms with E-state index < -0.39 is 0 Å². The molecule has 0 aliphatic carbocycles. The van der Waals surface area contributed by atoms with E-state index in [4.69, 9.17) is 5.26 Å². The smallest absolute Gasteiger partial charge is 0.0661 e. The largest absolute Gasteiger partial charge is 0.198 e. The molecule has 0 bridgehead atoms. The fourth-order valence-corrected chi connectivity index (χ4v) is 1.07. The Morgan fingerprint density at radius 1 is 1.27 bits per heavy atom. The van der Waals surface area contributed by atoms with E-state index in [2.05, 4.69) is 40.7 Å². The zero-order valence-electron chi connectivity index (χ0n) is 8.31. The van der Waals surface area contributed by atoms with Crippen LogP contribution < -0.4 is 0 Å². The van der Waals surface area contributed by atoms with Gasteiger partial charge in [-0.05, 0) is 17.8 Å². The van der Waals surface area contributed by atoms with Crippen LogP contribution in [0.25, 0.3) is 0 Å². The van der Waals surface area contributed by atoms with E-state index in [0.717, 1.165) is 6.42 Å². The maximum atomic E-state index is 8.86. The molecule has 0 rings (SSSR count). The van der Waals surface area contributed by atoms with Crippen molar-refractivity contribution in [2.24, 2.45) is 17.3 Å². The highest BCUT2D eigenvalue weighted by Crippen LogP contribution is 2.30. The highest BCUT2D eigenvalue weighted by Gasteiger charge is 2.24. The first-order valence-electron chi connectivity index (χ1n) is 4.27. The quantitative estimate of drug-likeness (QED) is 0.597. The molecular formula is C10H19N. The summed E-state index contributed by atoms with van der Waals surface area (Å²) in [5.41, 5.74) is 0.138. The van der Waals surface area contributed by atoms with Crippen LogP contribution >= 0.6 is 0 Å². The number of nitrogens with zero attached hydrogens (tertiary/aromatic N) is 1. The Kier molecular flexibility index (Phi) is 3.58. The predicted molar refractivity (Wildman–Crippen MR) is 48.0 cm³/mol. The average molecular weight is 153 g/mol. The van der Waals surface area contributed by atoms with Crippen LogP contribution in [0.15, 0.2) is 0 Å². The first kappa shape index (κ1) is 10.5. The van der Waals surface area contributed by atoms with Crippen LogP contribution in [0.4, 0.5) is 0 Å². The van der Waals surface area contributed by atoms with Crippen LogP contribution in [0.1, 0.15) is 41.0 Å². The molecule has 11 heavy (non-hydrogen) atoms. The van der Waals surface area contributed by atoms with Crippen molar-refractivity contribution in [3.05, 3.63) is 0 Å². The van der Waals surface area contributed by atoms with Crippen molar-refractivity contribution in [1.29, 1.82) is 5.26 Å². The van der Waals surface area contributed by atoms with E-state index in [0.29, 0.717) is 5.92 Å². The van der Waals surface area contributed by atoms with E-state index >= 15 is 0 Å². The first-order valence-corrected chi connectivity index (χ1v) is 4.27. The zero-order chi connectivity index (χ0) is 9.07. The van der Waals surface area contributed by atoms with E-state index in [1.807, 2.05) is 0 Å². The van der Waals surface area contributed by atoms with Crippen molar-refractivity contribution < 1.29 is 0 Å². The Morgan fingerprint density at radius 3 is 1.82 bits per heavy atom. The summed E-state index contributed by atoms with van der Waals surface area (Å²) < 4.78 is 0. The van der Waals surface area contributed by atoms with Crippen molar-refractivity contribution >= 4 is 0 Å². The number of rotatable bonds is 2. The minimum absolute atomic E-state index is 0.138. The van der Waals surface area contributed by atoms with Gasteiger partial charge in [0.15, 0.2) is 0 Å². The maximum absolute atomic E-state index is 8.86. The fraction of sp³-hybridized carbons (Fsp3) is 0.900. The summed E-state index contributed by atoms with van der Waals surface area (Å²) in [5.74, 6) is 0.821. The van der Waals surface area contributed by atoms with Crippen LogP contribution in [0.2, 0.25) is 0 Å². The molecule has 0 radical (unpaired) electrons. The average Bonchev–Trinajstić information content (AvgIpc) is 1.79. The third-order valence-corrected chi connectivity index (χ3v) is 1.91. The molecule has 0 unspecified atom stereocenters. The van der Waals surface area contributed by atoms with E-state index in [1.165, 1.54) is 0 Å². The number of hydrogen-bond donors (Lipinski definition) is 0. The third-order valence-electron chi connectivity index (χ3n) is 1.91. The van der Waals surface area contributed by atoms with E-state index in [-0.39, 0.29) is 11.3 Å². The molecule has 0 saturated heterocycles. The van der Waals surface area contributed by atoms with Gasteiger partial charge in [-0.25, -0.2) is 0 Å². The maximum Gasteiger partial charge on any atom is 0.0661 e. The monoisotopic (exact) mass is 153 g/mol. The van der Waals surface area contributed by atoms with Gasteiger partial charge < -0.3 is 0 Å². The van der Waals surface area contributed by atoms with Crippen LogP contribution in [-0.4, -0.2) is 0 Å². The Balaban J connectivity index is 4.11. The second-order valence-electron chi connectivity index (χ2n) is 4.68. The molecule has 1 nitrogen and oxygen atoms in total. The molecule has 0 aromatic rings. The van der Waals surface area contributed by atoms with Gasteiger partial charge in [0.25, 0.3) is 0 Å². The minimum Gasteiger partial charge on any atom is -0.198 e. The van der Waals surface area contributed by atoms with Crippen molar-refractivity contribution in [2.45, 2.75) is 41.0 Å². The van der Waals surface area contributed by atoms with Crippen LogP contribution in [0.3, 0.4) is 0 Å². The first-order chi connectivity index (χ1) is 4.88. The molecule has 0 aromatic heterocycles. The Morgan fingerprint density at radius 2 is 1.73 bits per heavy atom. The molecule has 0 amide bonds. The predicted octanol–water partition coefficient (Wildman–Crippen LogP) is 3.22. The summed E-state index contributed by atoms with van der Waals surface area (Å²) in [6, 6.07) is 2.37. The third kappa shape index (κ3) is 4.03. The van der Waals surface area contributed by atoms with Gasteiger partial charge in [0.2, 0.25) is 0 Å². The standard InChI is InChI=1S/C10H19N/c1-8(2)6-9(7-11)10(3,4)5/h8-9H,6H2,1-5H3/t9-/m1/s1. The Hall–Kier alpha value is -0.510. The van der Waals surface area contributed by atoms with Crippen molar-refractivity contribution in [3.63, 3.8) is 0 Å². The second-order valence-corrected chi connectivity index (χ2v) is 4.68. The van der Waals surface area contributed by atoms with E-state index in [9.17, 15) is 0 Å². The van der Waals surface area contributed by atoms with Gasteiger partial charge in [-0.15, -0.1) is 0 Å². The van der Waals surface area contributed by atoms with Gasteiger partial charge in [0.05, 0.1) is 12.0 Å². The van der Waals surface area contributed by atoms with Gasteiger partial charge >= 0.3 is 0 Å². The van der Waals surface area contributed by atoms with Crippen LogP contribution in [0, 0.1) is 28.6 Å². The summed E-state index contributed by atoms with van der Waals surface area (Å²) in [6.45, 7) is 10.7. The highest BCUT2D eigenvalue weighted by molar-refractivity contribution is 4.91. The molecule has 0 aliphatic heterocycles. The van der Waals surface area contributed by atoms with Gasteiger partial charge in [0, 0.05) is 0 Å². The summed E-state index contributed by atoms with van der Waals surface area (Å²) >= 11 is 0. The van der Waals surface area contributed by atoms with Crippen molar-refractivity contribution in [2.75, 3.05) is 0 Å². The van der Waals surface area contributed by atoms with Crippen LogP contribution in [0.5, 0.6) is 0 Å². The fourth-order valence-electron chi connectivity index (χ4n) is 1.07. The second kappa shape index (κ2) is 3.76. The molecule has 1 atom stereocenters. The highest BCUT2D eigenvalue weighted by atomic mass is 14.3. The lowest BCUT2D eigenvalue weighted by atomic mass is 9.77. The summed E-state index contributed by atoms with van der Waals surface area (Å²) in [5, 5.41) is 8.86. The normalized spacial score (nSPS) is 14.6. The van der Waals surface area contributed by atoms with Gasteiger partial charge in [-0.1, -0.05) is 34.6 Å². The van der Waals surface area contributed by atoms with Crippen molar-refractivity contribution in [3.8, 4) is 6.07 Å². The Bertz CT molecular complexity index is 145. The Labute approximate surface area is 70.4 Å². The van der Waals surface area contributed by atoms with Crippen molar-refractivity contribution in [1.82, 2.24) is 0 Å². The summed E-state index contributed by atoms with van der Waals surface area (Å²) in [7, 11) is 0. The lowest BCUT2D eigenvalue weighted by Crippen LogP contribution is -2.20. The SMILES string of the molecule is CC(C)C[C@H](C#N)C(C)(C)C.